The summed E-state index contributed by atoms with van der Waals surface area (Å²) in [5, 5.41) is 14.4. The van der Waals surface area contributed by atoms with Crippen molar-refractivity contribution in [3.63, 3.8) is 0 Å². The van der Waals surface area contributed by atoms with Gasteiger partial charge in [0.05, 0.1) is 12.6 Å². The van der Waals surface area contributed by atoms with E-state index in [1.165, 1.54) is 0 Å². The molecule has 0 saturated heterocycles. The predicted molar refractivity (Wildman–Crippen MR) is 82.7 cm³/mol. The fraction of sp³-hybridized carbons (Fsp3) is 0.875. The highest BCUT2D eigenvalue weighted by molar-refractivity contribution is 6.35. The summed E-state index contributed by atoms with van der Waals surface area (Å²) in [6.45, 7) is 8.47. The lowest BCUT2D eigenvalue weighted by Crippen LogP contribution is -2.49. The van der Waals surface area contributed by atoms with Gasteiger partial charge in [-0.1, -0.05) is 27.7 Å². The Hall–Kier alpha value is -1.10. The Morgan fingerprint density at radius 2 is 1.71 bits per heavy atom. The number of nitrogens with one attached hydrogen (secondary N) is 2. The molecule has 0 bridgehead atoms. The van der Waals surface area contributed by atoms with Gasteiger partial charge in [-0.25, -0.2) is 0 Å². The lowest BCUT2D eigenvalue weighted by Gasteiger charge is -2.37. The zero-order valence-electron chi connectivity index (χ0n) is 13.7. The third kappa shape index (κ3) is 5.65. The Morgan fingerprint density at radius 3 is 2.14 bits per heavy atom. The van der Waals surface area contributed by atoms with Crippen LogP contribution < -0.4 is 10.6 Å². The standard InChI is InChI=1S/C16H30N2O3/c1-5-12(10-19)17-14(20)15(21)18-13-8-6-11(7-9-13)16(2,3)4/h11-13,19H,5-10H2,1-4H3,(H,17,20)(H,18,21)/t11?,12-,13?/m0/s1. The molecule has 0 radical (unpaired) electrons. The summed E-state index contributed by atoms with van der Waals surface area (Å²) in [7, 11) is 0. The average Bonchev–Trinajstić information content (AvgIpc) is 2.44. The van der Waals surface area contributed by atoms with Crippen LogP contribution in [-0.2, 0) is 9.59 Å². The maximum absolute atomic E-state index is 11.9. The van der Waals surface area contributed by atoms with Gasteiger partial charge in [0, 0.05) is 6.04 Å². The van der Waals surface area contributed by atoms with E-state index in [1.54, 1.807) is 0 Å². The summed E-state index contributed by atoms with van der Waals surface area (Å²) in [6, 6.07) is -0.254. The summed E-state index contributed by atoms with van der Waals surface area (Å²) in [4.78, 5) is 23.6. The van der Waals surface area contributed by atoms with Crippen molar-refractivity contribution >= 4 is 11.8 Å². The number of rotatable bonds is 4. The molecular formula is C16H30N2O3. The molecule has 1 aliphatic carbocycles. The van der Waals surface area contributed by atoms with E-state index < -0.39 is 11.8 Å². The van der Waals surface area contributed by atoms with Crippen molar-refractivity contribution in [3.8, 4) is 0 Å². The number of hydrogen-bond donors (Lipinski definition) is 3. The first kappa shape index (κ1) is 18.0. The van der Waals surface area contributed by atoms with E-state index >= 15 is 0 Å². The van der Waals surface area contributed by atoms with Crippen molar-refractivity contribution in [2.45, 2.75) is 71.9 Å². The Balaban J connectivity index is 2.38. The van der Waals surface area contributed by atoms with Gasteiger partial charge in [-0.2, -0.15) is 0 Å². The fourth-order valence-corrected chi connectivity index (χ4v) is 2.88. The Kier molecular flexibility index (Phi) is 6.65. The highest BCUT2D eigenvalue weighted by Crippen LogP contribution is 2.37. The van der Waals surface area contributed by atoms with Crippen LogP contribution in [0.15, 0.2) is 0 Å². The second kappa shape index (κ2) is 7.78. The first-order valence-corrected chi connectivity index (χ1v) is 8.00. The molecule has 0 unspecified atom stereocenters. The van der Waals surface area contributed by atoms with Crippen molar-refractivity contribution in [1.82, 2.24) is 10.6 Å². The largest absolute Gasteiger partial charge is 0.394 e. The summed E-state index contributed by atoms with van der Waals surface area (Å²) in [6.07, 6.45) is 4.64. The van der Waals surface area contributed by atoms with Crippen LogP contribution in [0.25, 0.3) is 0 Å². The van der Waals surface area contributed by atoms with Gasteiger partial charge in [0.2, 0.25) is 0 Å². The van der Waals surface area contributed by atoms with Crippen LogP contribution in [0.1, 0.15) is 59.8 Å². The van der Waals surface area contributed by atoms with E-state index in [0.717, 1.165) is 25.7 Å². The third-order valence-corrected chi connectivity index (χ3v) is 4.54. The Labute approximate surface area is 127 Å². The van der Waals surface area contributed by atoms with Crippen molar-refractivity contribution < 1.29 is 14.7 Å². The molecule has 2 amide bonds. The molecular weight excluding hydrogens is 268 g/mol. The lowest BCUT2D eigenvalue weighted by atomic mass is 9.71. The monoisotopic (exact) mass is 298 g/mol. The normalized spacial score (nSPS) is 24.2. The van der Waals surface area contributed by atoms with Gasteiger partial charge >= 0.3 is 11.8 Å². The van der Waals surface area contributed by atoms with Crippen molar-refractivity contribution in [1.29, 1.82) is 0 Å². The summed E-state index contributed by atoms with van der Waals surface area (Å²) in [5.41, 5.74) is 0.307. The predicted octanol–water partition coefficient (Wildman–Crippen LogP) is 1.59. The Bertz CT molecular complexity index is 351. The molecule has 3 N–H and O–H groups in total. The molecule has 0 aromatic heterocycles. The van der Waals surface area contributed by atoms with Crippen LogP contribution in [0.4, 0.5) is 0 Å². The first-order chi connectivity index (χ1) is 9.77. The van der Waals surface area contributed by atoms with Crippen molar-refractivity contribution in [3.05, 3.63) is 0 Å². The first-order valence-electron chi connectivity index (χ1n) is 8.00. The second-order valence-electron chi connectivity index (χ2n) is 7.15. The fourth-order valence-electron chi connectivity index (χ4n) is 2.88. The van der Waals surface area contributed by atoms with Crippen LogP contribution >= 0.6 is 0 Å². The van der Waals surface area contributed by atoms with E-state index in [1.807, 2.05) is 6.92 Å². The molecule has 0 aromatic carbocycles. The molecule has 1 rings (SSSR count). The highest BCUT2D eigenvalue weighted by Gasteiger charge is 2.31. The highest BCUT2D eigenvalue weighted by atomic mass is 16.3. The van der Waals surface area contributed by atoms with Crippen LogP contribution in [0.3, 0.4) is 0 Å². The molecule has 0 heterocycles. The van der Waals surface area contributed by atoms with Crippen molar-refractivity contribution in [2.24, 2.45) is 11.3 Å². The minimum absolute atomic E-state index is 0.0936. The number of amides is 2. The van der Waals surface area contributed by atoms with Gasteiger partial charge < -0.3 is 15.7 Å². The number of carbonyl (C=O) groups is 2. The molecule has 0 spiro atoms. The Morgan fingerprint density at radius 1 is 1.14 bits per heavy atom. The van der Waals surface area contributed by atoms with Crippen LogP contribution in [0.2, 0.25) is 0 Å². The summed E-state index contributed by atoms with van der Waals surface area (Å²) in [5.74, 6) is -0.548. The third-order valence-electron chi connectivity index (χ3n) is 4.54. The topological polar surface area (TPSA) is 78.4 Å². The number of hydrogen-bond acceptors (Lipinski definition) is 3. The van der Waals surface area contributed by atoms with Gasteiger partial charge in [-0.15, -0.1) is 0 Å². The summed E-state index contributed by atoms with van der Waals surface area (Å²) < 4.78 is 0. The van der Waals surface area contributed by atoms with E-state index in [4.69, 9.17) is 5.11 Å². The number of aliphatic hydroxyl groups excluding tert-OH is 1. The molecule has 1 fully saturated rings. The van der Waals surface area contributed by atoms with Crippen molar-refractivity contribution in [2.75, 3.05) is 6.61 Å². The molecule has 122 valence electrons. The van der Waals surface area contributed by atoms with E-state index in [2.05, 4.69) is 31.4 Å². The van der Waals surface area contributed by atoms with Gasteiger partial charge in [0.1, 0.15) is 0 Å². The minimum atomic E-state index is -0.645. The zero-order valence-corrected chi connectivity index (χ0v) is 13.7. The summed E-state index contributed by atoms with van der Waals surface area (Å²) >= 11 is 0. The molecule has 1 saturated carbocycles. The SMILES string of the molecule is CC[C@@H](CO)NC(=O)C(=O)NC1CCC(C(C)(C)C)CC1. The molecule has 21 heavy (non-hydrogen) atoms. The quantitative estimate of drug-likeness (QED) is 0.690. The minimum Gasteiger partial charge on any atom is -0.394 e. The molecule has 0 aliphatic heterocycles. The van der Waals surface area contributed by atoms with Gasteiger partial charge in [-0.3, -0.25) is 9.59 Å². The van der Waals surface area contributed by atoms with Gasteiger partial charge in [-0.05, 0) is 43.4 Å². The lowest BCUT2D eigenvalue weighted by molar-refractivity contribution is -0.140. The molecule has 1 atom stereocenters. The zero-order chi connectivity index (χ0) is 16.0. The maximum atomic E-state index is 11.9. The van der Waals surface area contributed by atoms with Gasteiger partial charge in [0.25, 0.3) is 0 Å². The number of carbonyl (C=O) groups excluding carboxylic acids is 2. The van der Waals surface area contributed by atoms with Crippen LogP contribution in [0, 0.1) is 11.3 Å². The molecule has 5 heteroatoms. The molecule has 1 aliphatic rings. The second-order valence-corrected chi connectivity index (χ2v) is 7.15. The maximum Gasteiger partial charge on any atom is 0.309 e. The van der Waals surface area contributed by atoms with E-state index in [-0.39, 0.29) is 18.7 Å². The number of aliphatic hydroxyl groups is 1. The molecule has 5 nitrogen and oxygen atoms in total. The smallest absolute Gasteiger partial charge is 0.309 e. The van der Waals surface area contributed by atoms with E-state index in [9.17, 15) is 9.59 Å². The van der Waals surface area contributed by atoms with E-state index in [0.29, 0.717) is 17.8 Å². The molecule has 0 aromatic rings. The average molecular weight is 298 g/mol. The van der Waals surface area contributed by atoms with Crippen LogP contribution in [-0.4, -0.2) is 35.6 Å². The van der Waals surface area contributed by atoms with Crippen LogP contribution in [0.5, 0.6) is 0 Å². The van der Waals surface area contributed by atoms with Gasteiger partial charge in [0.15, 0.2) is 0 Å².